The van der Waals surface area contributed by atoms with Crippen molar-refractivity contribution in [1.82, 2.24) is 15.2 Å². The van der Waals surface area contributed by atoms with E-state index in [4.69, 9.17) is 9.47 Å². The van der Waals surface area contributed by atoms with E-state index in [-0.39, 0.29) is 17.9 Å². The largest absolute Gasteiger partial charge is 0.380 e. The van der Waals surface area contributed by atoms with Gasteiger partial charge in [-0.2, -0.15) is 0 Å². The van der Waals surface area contributed by atoms with E-state index >= 15 is 0 Å². The minimum absolute atomic E-state index is 0.0260. The molecule has 2 aliphatic heterocycles. The average molecular weight is 305 g/mol. The van der Waals surface area contributed by atoms with E-state index < -0.39 is 0 Å². The van der Waals surface area contributed by atoms with Gasteiger partial charge in [0.25, 0.3) is 0 Å². The van der Waals surface area contributed by atoms with E-state index in [9.17, 15) is 4.79 Å². The number of nitrogens with zero attached hydrogens (tertiary/aromatic N) is 2. The summed E-state index contributed by atoms with van der Waals surface area (Å²) in [6.45, 7) is 5.03. The highest BCUT2D eigenvalue weighted by Crippen LogP contribution is 2.41. The Bertz CT molecular complexity index is 511. The van der Waals surface area contributed by atoms with E-state index in [0.29, 0.717) is 19.1 Å². The molecule has 1 N–H and O–H groups in total. The van der Waals surface area contributed by atoms with Crippen molar-refractivity contribution in [3.05, 3.63) is 30.1 Å². The van der Waals surface area contributed by atoms with Crippen LogP contribution in [-0.4, -0.2) is 62.4 Å². The van der Waals surface area contributed by atoms with Crippen LogP contribution < -0.4 is 5.32 Å². The Labute approximate surface area is 130 Å². The normalized spacial score (nSPS) is 27.8. The molecule has 1 amide bonds. The standard InChI is InChI=1S/C16H23N3O3/c1-21-9-15(20)18-10-16-11-19(6-13(16)8-22-12-16)7-14-4-2-3-5-17-14/h2-5,13H,6-12H2,1H3,(H,18,20)/t13-,16+/m1/s1. The molecule has 120 valence electrons. The van der Waals surface area contributed by atoms with E-state index in [2.05, 4.69) is 21.3 Å². The zero-order chi connectivity index (χ0) is 15.4. The summed E-state index contributed by atoms with van der Waals surface area (Å²) < 4.78 is 10.5. The number of nitrogens with one attached hydrogen (secondary N) is 1. The molecular formula is C16H23N3O3. The quantitative estimate of drug-likeness (QED) is 0.818. The van der Waals surface area contributed by atoms with Crippen LogP contribution in [0.25, 0.3) is 0 Å². The first-order valence-corrected chi connectivity index (χ1v) is 7.67. The minimum atomic E-state index is -0.0642. The molecule has 2 atom stereocenters. The number of likely N-dealkylation sites (tertiary alicyclic amines) is 1. The number of pyridine rings is 1. The predicted molar refractivity (Wildman–Crippen MR) is 81.1 cm³/mol. The van der Waals surface area contributed by atoms with E-state index in [1.165, 1.54) is 7.11 Å². The van der Waals surface area contributed by atoms with Crippen LogP contribution in [0.3, 0.4) is 0 Å². The lowest BCUT2D eigenvalue weighted by Gasteiger charge is -2.27. The summed E-state index contributed by atoms with van der Waals surface area (Å²) >= 11 is 0. The molecular weight excluding hydrogens is 282 g/mol. The maximum atomic E-state index is 11.7. The summed E-state index contributed by atoms with van der Waals surface area (Å²) in [6, 6.07) is 6.00. The van der Waals surface area contributed by atoms with E-state index in [1.807, 2.05) is 18.3 Å². The average Bonchev–Trinajstić information content (AvgIpc) is 3.03. The van der Waals surface area contributed by atoms with Crippen LogP contribution in [0.1, 0.15) is 5.69 Å². The van der Waals surface area contributed by atoms with Gasteiger partial charge in [-0.05, 0) is 12.1 Å². The van der Waals surface area contributed by atoms with Crippen molar-refractivity contribution in [2.24, 2.45) is 11.3 Å². The highest BCUT2D eigenvalue weighted by Gasteiger charge is 2.50. The van der Waals surface area contributed by atoms with Crippen LogP contribution in [0.15, 0.2) is 24.4 Å². The Kier molecular flexibility index (Phi) is 4.71. The summed E-state index contributed by atoms with van der Waals surface area (Å²) in [5, 5.41) is 2.99. The second-order valence-electron chi connectivity index (χ2n) is 6.27. The van der Waals surface area contributed by atoms with E-state index in [0.717, 1.165) is 31.9 Å². The molecule has 3 heterocycles. The number of methoxy groups -OCH3 is 1. The Morgan fingerprint density at radius 3 is 3.27 bits per heavy atom. The van der Waals surface area contributed by atoms with Crippen molar-refractivity contribution >= 4 is 5.91 Å². The molecule has 2 aliphatic rings. The van der Waals surface area contributed by atoms with Gasteiger partial charge in [-0.15, -0.1) is 0 Å². The Balaban J connectivity index is 1.60. The van der Waals surface area contributed by atoms with Crippen molar-refractivity contribution in [3.63, 3.8) is 0 Å². The third kappa shape index (κ3) is 3.29. The number of ether oxygens (including phenoxy) is 2. The monoisotopic (exact) mass is 305 g/mol. The third-order valence-corrected chi connectivity index (χ3v) is 4.62. The van der Waals surface area contributed by atoms with Crippen LogP contribution in [0.5, 0.6) is 0 Å². The fraction of sp³-hybridized carbons (Fsp3) is 0.625. The number of rotatable bonds is 6. The third-order valence-electron chi connectivity index (χ3n) is 4.62. The zero-order valence-electron chi connectivity index (χ0n) is 13.0. The SMILES string of the molecule is COCC(=O)NC[C@]12COC[C@H]1CN(Cc1ccccn1)C2. The summed E-state index contributed by atoms with van der Waals surface area (Å²) in [5.74, 6) is 0.407. The van der Waals surface area contributed by atoms with Crippen LogP contribution >= 0.6 is 0 Å². The molecule has 22 heavy (non-hydrogen) atoms. The molecule has 0 spiro atoms. The van der Waals surface area contributed by atoms with Gasteiger partial charge in [0.1, 0.15) is 6.61 Å². The second-order valence-corrected chi connectivity index (χ2v) is 6.27. The summed E-state index contributed by atoms with van der Waals surface area (Å²) in [4.78, 5) is 18.5. The number of carbonyl (C=O) groups excluding carboxylic acids is 1. The molecule has 3 rings (SSSR count). The van der Waals surface area contributed by atoms with Gasteiger partial charge in [0, 0.05) is 50.8 Å². The first kappa shape index (κ1) is 15.4. The fourth-order valence-corrected chi connectivity index (χ4v) is 3.49. The van der Waals surface area contributed by atoms with Gasteiger partial charge < -0.3 is 14.8 Å². The number of hydrogen-bond donors (Lipinski definition) is 1. The van der Waals surface area contributed by atoms with Crippen LogP contribution in [-0.2, 0) is 20.8 Å². The van der Waals surface area contributed by atoms with Gasteiger partial charge in [0.2, 0.25) is 5.91 Å². The first-order chi connectivity index (χ1) is 10.7. The summed E-state index contributed by atoms with van der Waals surface area (Å²) in [5.41, 5.74) is 1.11. The maximum absolute atomic E-state index is 11.7. The fourth-order valence-electron chi connectivity index (χ4n) is 3.49. The topological polar surface area (TPSA) is 63.7 Å². The van der Waals surface area contributed by atoms with E-state index in [1.54, 1.807) is 0 Å². The number of aromatic nitrogens is 1. The molecule has 0 saturated carbocycles. The number of amides is 1. The van der Waals surface area contributed by atoms with Crippen LogP contribution in [0.2, 0.25) is 0 Å². The van der Waals surface area contributed by atoms with Gasteiger partial charge in [0.05, 0.1) is 18.9 Å². The molecule has 2 fully saturated rings. The number of hydrogen-bond acceptors (Lipinski definition) is 5. The Morgan fingerprint density at radius 2 is 2.50 bits per heavy atom. The molecule has 0 aromatic carbocycles. The molecule has 0 unspecified atom stereocenters. The highest BCUT2D eigenvalue weighted by molar-refractivity contribution is 5.77. The van der Waals surface area contributed by atoms with Gasteiger partial charge in [-0.1, -0.05) is 6.07 Å². The minimum Gasteiger partial charge on any atom is -0.380 e. The molecule has 1 aromatic heterocycles. The van der Waals surface area contributed by atoms with Crippen molar-refractivity contribution in [1.29, 1.82) is 0 Å². The lowest BCUT2D eigenvalue weighted by atomic mass is 9.81. The summed E-state index contributed by atoms with van der Waals surface area (Å²) in [7, 11) is 1.53. The molecule has 0 radical (unpaired) electrons. The van der Waals surface area contributed by atoms with Crippen LogP contribution in [0, 0.1) is 11.3 Å². The van der Waals surface area contributed by atoms with Crippen molar-refractivity contribution in [3.8, 4) is 0 Å². The van der Waals surface area contributed by atoms with Gasteiger partial charge in [-0.25, -0.2) is 0 Å². The van der Waals surface area contributed by atoms with Crippen LogP contribution in [0.4, 0.5) is 0 Å². The first-order valence-electron chi connectivity index (χ1n) is 7.67. The van der Waals surface area contributed by atoms with Crippen molar-refractivity contribution in [2.75, 3.05) is 46.6 Å². The highest BCUT2D eigenvalue weighted by atomic mass is 16.5. The van der Waals surface area contributed by atoms with Gasteiger partial charge in [-0.3, -0.25) is 14.7 Å². The van der Waals surface area contributed by atoms with Gasteiger partial charge in [0.15, 0.2) is 0 Å². The molecule has 2 saturated heterocycles. The van der Waals surface area contributed by atoms with Crippen molar-refractivity contribution < 1.29 is 14.3 Å². The molecule has 6 nitrogen and oxygen atoms in total. The number of carbonyl (C=O) groups is 1. The molecule has 0 bridgehead atoms. The summed E-state index contributed by atoms with van der Waals surface area (Å²) in [6.07, 6.45) is 1.83. The second kappa shape index (κ2) is 6.73. The molecule has 6 heteroatoms. The number of fused-ring (bicyclic) bond motifs is 1. The van der Waals surface area contributed by atoms with Crippen molar-refractivity contribution in [2.45, 2.75) is 6.54 Å². The Hall–Kier alpha value is -1.50. The molecule has 1 aromatic rings. The van der Waals surface area contributed by atoms with Gasteiger partial charge >= 0.3 is 0 Å². The lowest BCUT2D eigenvalue weighted by Crippen LogP contribution is -2.44. The Morgan fingerprint density at radius 1 is 1.59 bits per heavy atom. The molecule has 0 aliphatic carbocycles. The maximum Gasteiger partial charge on any atom is 0.246 e. The predicted octanol–water partition coefficient (Wildman–Crippen LogP) is 0.293. The zero-order valence-corrected chi connectivity index (χ0v) is 13.0. The lowest BCUT2D eigenvalue weighted by molar-refractivity contribution is -0.125. The smallest absolute Gasteiger partial charge is 0.246 e.